The van der Waals surface area contributed by atoms with Gasteiger partial charge < -0.3 is 34.6 Å². The van der Waals surface area contributed by atoms with Crippen molar-refractivity contribution in [3.05, 3.63) is 100 Å². The van der Waals surface area contributed by atoms with Crippen molar-refractivity contribution in [2.45, 2.75) is 36.8 Å². The summed E-state index contributed by atoms with van der Waals surface area (Å²) in [5.41, 5.74) is 0.481. The number of rotatable bonds is 11. The number of carbonyl (C=O) groups is 3. The molecule has 0 aromatic heterocycles. The molecular formula is C34H33F3N2O8. The van der Waals surface area contributed by atoms with E-state index in [0.29, 0.717) is 17.6 Å². The molecule has 13 heteroatoms. The molecule has 1 aliphatic heterocycles. The molecule has 0 saturated heterocycles. The van der Waals surface area contributed by atoms with Crippen LogP contribution >= 0.6 is 0 Å². The minimum Gasteiger partial charge on any atom is -0.496 e. The van der Waals surface area contributed by atoms with Crippen LogP contribution in [0.3, 0.4) is 0 Å². The number of aliphatic hydroxyl groups is 2. The highest BCUT2D eigenvalue weighted by molar-refractivity contribution is 5.98. The number of hydrogen-bond acceptors (Lipinski definition) is 8. The van der Waals surface area contributed by atoms with Gasteiger partial charge in [0.05, 0.1) is 38.3 Å². The van der Waals surface area contributed by atoms with Crippen LogP contribution in [0.1, 0.15) is 43.3 Å². The van der Waals surface area contributed by atoms with Crippen LogP contribution in [0, 0.1) is 0 Å². The van der Waals surface area contributed by atoms with Gasteiger partial charge in [0.15, 0.2) is 11.5 Å². The van der Waals surface area contributed by atoms with Gasteiger partial charge >= 0.3 is 6.18 Å². The topological polar surface area (TPSA) is 135 Å². The second-order valence-electron chi connectivity index (χ2n) is 11.0. The van der Waals surface area contributed by atoms with E-state index >= 15 is 0 Å². The lowest BCUT2D eigenvalue weighted by atomic mass is 9.77. The molecule has 4 unspecified atom stereocenters. The summed E-state index contributed by atoms with van der Waals surface area (Å²) in [4.78, 5) is 40.7. The summed E-state index contributed by atoms with van der Waals surface area (Å²) in [6.45, 7) is -0.478. The molecule has 47 heavy (non-hydrogen) atoms. The van der Waals surface area contributed by atoms with Crippen LogP contribution in [-0.4, -0.2) is 85.4 Å². The maximum atomic E-state index is 14.1. The number of ether oxygens (including phenoxy) is 3. The fourth-order valence-electron chi connectivity index (χ4n) is 6.06. The van der Waals surface area contributed by atoms with Gasteiger partial charge in [-0.3, -0.25) is 14.4 Å². The van der Waals surface area contributed by atoms with Gasteiger partial charge in [0.2, 0.25) is 5.91 Å². The quantitative estimate of drug-likeness (QED) is 0.268. The van der Waals surface area contributed by atoms with E-state index in [2.05, 4.69) is 5.32 Å². The summed E-state index contributed by atoms with van der Waals surface area (Å²) in [5.74, 6) is -1.23. The number of fused-ring (bicyclic) bond motifs is 3. The molecule has 2 aliphatic rings. The lowest BCUT2D eigenvalue weighted by Gasteiger charge is -2.41. The minimum atomic E-state index is -4.61. The molecule has 5 rings (SSSR count). The van der Waals surface area contributed by atoms with Gasteiger partial charge in [0.25, 0.3) is 5.91 Å². The van der Waals surface area contributed by atoms with Crippen LogP contribution in [0.25, 0.3) is 0 Å². The molecule has 248 valence electrons. The van der Waals surface area contributed by atoms with Crippen molar-refractivity contribution in [1.29, 1.82) is 0 Å². The number of carbonyl (C=O) groups excluding carboxylic acids is 3. The first-order valence-corrected chi connectivity index (χ1v) is 14.7. The van der Waals surface area contributed by atoms with E-state index in [1.807, 2.05) is 0 Å². The van der Waals surface area contributed by atoms with Crippen molar-refractivity contribution in [2.24, 2.45) is 0 Å². The summed E-state index contributed by atoms with van der Waals surface area (Å²) in [7, 11) is 2.87. The Balaban J connectivity index is 1.61. The second-order valence-corrected chi connectivity index (χ2v) is 11.0. The number of benzene rings is 3. The highest BCUT2D eigenvalue weighted by atomic mass is 19.4. The van der Waals surface area contributed by atoms with Crippen LogP contribution in [0.2, 0.25) is 0 Å². The van der Waals surface area contributed by atoms with Crippen LogP contribution in [0.4, 0.5) is 13.2 Å². The lowest BCUT2D eigenvalue weighted by Crippen LogP contribution is -2.56. The van der Waals surface area contributed by atoms with E-state index < -0.39 is 47.7 Å². The SMILES string of the molecule is COc1ccccc1CCN(C(=O)c1ccc(C(F)(F)F)cc1)C1C=C(C(=O)NCCO)C2c3cc(C=O)cc(OC)c3OC2C1O. The van der Waals surface area contributed by atoms with Gasteiger partial charge in [0, 0.05) is 35.4 Å². The number of halogens is 3. The Labute approximate surface area is 268 Å². The number of para-hydroxylation sites is 1. The van der Waals surface area contributed by atoms with Crippen LogP contribution < -0.4 is 19.5 Å². The van der Waals surface area contributed by atoms with Crippen LogP contribution in [0.5, 0.6) is 17.2 Å². The molecule has 0 saturated carbocycles. The van der Waals surface area contributed by atoms with E-state index in [9.17, 15) is 37.8 Å². The monoisotopic (exact) mass is 654 g/mol. The molecule has 1 aliphatic carbocycles. The first kappa shape index (κ1) is 33.5. The van der Waals surface area contributed by atoms with E-state index in [1.54, 1.807) is 24.3 Å². The van der Waals surface area contributed by atoms with Gasteiger partial charge in [-0.25, -0.2) is 0 Å². The zero-order valence-corrected chi connectivity index (χ0v) is 25.5. The zero-order valence-electron chi connectivity index (χ0n) is 25.5. The zero-order chi connectivity index (χ0) is 33.9. The Morgan fingerprint density at radius 1 is 1.04 bits per heavy atom. The average molecular weight is 655 g/mol. The van der Waals surface area contributed by atoms with E-state index in [4.69, 9.17) is 14.2 Å². The number of hydrogen-bond donors (Lipinski definition) is 3. The average Bonchev–Trinajstić information content (AvgIpc) is 3.47. The summed E-state index contributed by atoms with van der Waals surface area (Å²) >= 11 is 0. The Morgan fingerprint density at radius 2 is 1.74 bits per heavy atom. The molecule has 0 bridgehead atoms. The standard InChI is InChI=1S/C34H33F3N2O8/c1-45-26-6-4-3-5-20(26)11-13-39(33(44)21-7-9-22(10-8-21)34(35,36)37)25-17-24(32(43)38-12-14-40)28-23-15-19(18-41)16-27(46-2)30(23)47-31(28)29(25)42/h3-10,15-18,25,28-29,31,40,42H,11-14H2,1-2H3,(H,38,43). The molecule has 1 heterocycles. The molecule has 10 nitrogen and oxygen atoms in total. The Bertz CT molecular complexity index is 1670. The van der Waals surface area contributed by atoms with Crippen molar-refractivity contribution in [3.8, 4) is 17.2 Å². The number of nitrogens with one attached hydrogen (secondary N) is 1. The van der Waals surface area contributed by atoms with Gasteiger partial charge in [-0.1, -0.05) is 18.2 Å². The molecule has 0 spiro atoms. The molecule has 3 N–H and O–H groups in total. The predicted octanol–water partition coefficient (Wildman–Crippen LogP) is 3.54. The highest BCUT2D eigenvalue weighted by Crippen LogP contribution is 2.51. The number of aliphatic hydroxyl groups excluding tert-OH is 2. The third kappa shape index (κ3) is 6.67. The Morgan fingerprint density at radius 3 is 2.38 bits per heavy atom. The van der Waals surface area contributed by atoms with Crippen molar-refractivity contribution in [1.82, 2.24) is 10.2 Å². The molecule has 0 radical (unpaired) electrons. The first-order chi connectivity index (χ1) is 22.5. The van der Waals surface area contributed by atoms with Crippen molar-refractivity contribution in [3.63, 3.8) is 0 Å². The fourth-order valence-corrected chi connectivity index (χ4v) is 6.06. The molecule has 2 amide bonds. The maximum Gasteiger partial charge on any atom is 0.416 e. The van der Waals surface area contributed by atoms with Gasteiger partial charge in [0.1, 0.15) is 24.2 Å². The summed E-state index contributed by atoms with van der Waals surface area (Å²) in [6, 6.07) is 12.6. The fraction of sp³-hybridized carbons (Fsp3) is 0.324. The summed E-state index contributed by atoms with van der Waals surface area (Å²) in [6.07, 6.45) is -4.91. The van der Waals surface area contributed by atoms with E-state index in [1.165, 1.54) is 37.3 Å². The highest BCUT2D eigenvalue weighted by Gasteiger charge is 2.51. The second kappa shape index (κ2) is 13.9. The molecule has 3 aromatic carbocycles. The minimum absolute atomic E-state index is 0.0348. The third-order valence-corrected chi connectivity index (χ3v) is 8.31. The number of nitrogens with zero attached hydrogens (tertiary/aromatic N) is 1. The maximum absolute atomic E-state index is 14.1. The summed E-state index contributed by atoms with van der Waals surface area (Å²) in [5, 5.41) is 23.9. The van der Waals surface area contributed by atoms with E-state index in [0.717, 1.165) is 29.8 Å². The number of methoxy groups -OCH3 is 2. The number of alkyl halides is 3. The third-order valence-electron chi connectivity index (χ3n) is 8.31. The van der Waals surface area contributed by atoms with Gasteiger partial charge in [-0.2, -0.15) is 13.2 Å². The molecular weight excluding hydrogens is 621 g/mol. The normalized spacial score (nSPS) is 19.9. The van der Waals surface area contributed by atoms with Crippen LogP contribution in [-0.2, 0) is 17.4 Å². The van der Waals surface area contributed by atoms with E-state index in [-0.39, 0.29) is 54.3 Å². The first-order valence-electron chi connectivity index (χ1n) is 14.7. The molecule has 3 aromatic rings. The lowest BCUT2D eigenvalue weighted by molar-refractivity contribution is -0.137. The number of amides is 2. The summed E-state index contributed by atoms with van der Waals surface area (Å²) < 4.78 is 57.0. The molecule has 4 atom stereocenters. The smallest absolute Gasteiger partial charge is 0.416 e. The van der Waals surface area contributed by atoms with Gasteiger partial charge in [-0.05, 0) is 60.5 Å². The predicted molar refractivity (Wildman–Crippen MR) is 163 cm³/mol. The van der Waals surface area contributed by atoms with Crippen molar-refractivity contribution < 1.29 is 52.0 Å². The van der Waals surface area contributed by atoms with Crippen molar-refractivity contribution >= 4 is 18.1 Å². The largest absolute Gasteiger partial charge is 0.496 e. The number of aldehydes is 1. The Kier molecular flexibility index (Phi) is 9.87. The Hall–Kier alpha value is -4.88. The van der Waals surface area contributed by atoms with Crippen LogP contribution in [0.15, 0.2) is 72.3 Å². The van der Waals surface area contributed by atoms with Crippen molar-refractivity contribution in [2.75, 3.05) is 33.9 Å². The molecule has 0 fully saturated rings. The van der Waals surface area contributed by atoms with Gasteiger partial charge in [-0.15, -0.1) is 0 Å².